The number of ether oxygens (including phenoxy) is 1. The van der Waals surface area contributed by atoms with Crippen molar-refractivity contribution < 1.29 is 27.8 Å². The zero-order chi connectivity index (χ0) is 29.6. The van der Waals surface area contributed by atoms with Gasteiger partial charge in [0.05, 0.1) is 10.6 Å². The molecule has 3 heterocycles. The van der Waals surface area contributed by atoms with Crippen LogP contribution in [0, 0.1) is 11.6 Å². The number of nitrogens with zero attached hydrogens (tertiary/aromatic N) is 5. The van der Waals surface area contributed by atoms with Crippen molar-refractivity contribution in [2.24, 2.45) is 0 Å². The number of rotatable bonds is 7. The number of alkyl halides is 1. The lowest BCUT2D eigenvalue weighted by Crippen LogP contribution is -2.58. The largest absolute Gasteiger partial charge is 0.507 e. The fourth-order valence-electron chi connectivity index (χ4n) is 5.59. The number of amides is 1. The first kappa shape index (κ1) is 28.9. The molecule has 8 nitrogen and oxygen atoms in total. The van der Waals surface area contributed by atoms with Crippen molar-refractivity contribution in [1.82, 2.24) is 19.8 Å². The van der Waals surface area contributed by atoms with E-state index in [0.717, 1.165) is 6.07 Å². The molecule has 2 aromatic carbocycles. The van der Waals surface area contributed by atoms with Gasteiger partial charge < -0.3 is 19.6 Å². The van der Waals surface area contributed by atoms with Crippen LogP contribution in [0.2, 0.25) is 5.02 Å². The Morgan fingerprint density at radius 3 is 2.61 bits per heavy atom. The number of hydrogen-bond acceptors (Lipinski definition) is 7. The third kappa shape index (κ3) is 5.52. The average molecular weight is 590 g/mol. The number of anilines is 1. The van der Waals surface area contributed by atoms with E-state index in [0.29, 0.717) is 25.5 Å². The number of phenolic OH excluding ortho intramolecular Hbond substituents is 1. The summed E-state index contributed by atoms with van der Waals surface area (Å²) in [5.41, 5.74) is -2.12. The van der Waals surface area contributed by atoms with Crippen molar-refractivity contribution in [3.05, 3.63) is 53.6 Å². The fraction of sp³-hybridized carbons (Fsp3) is 0.414. The smallest absolute Gasteiger partial charge is 0.319 e. The Morgan fingerprint density at radius 1 is 1.22 bits per heavy atom. The summed E-state index contributed by atoms with van der Waals surface area (Å²) in [4.78, 5) is 26.8. The number of carbonyl (C=O) groups excluding carboxylic acids is 1. The number of fused-ring (bicyclic) bond motifs is 1. The maximum absolute atomic E-state index is 16.2. The summed E-state index contributed by atoms with van der Waals surface area (Å²) in [7, 11) is 0. The maximum atomic E-state index is 16.2. The molecule has 2 fully saturated rings. The van der Waals surface area contributed by atoms with E-state index in [2.05, 4.69) is 16.5 Å². The predicted octanol–water partition coefficient (Wildman–Crippen LogP) is 4.97. The van der Waals surface area contributed by atoms with Gasteiger partial charge in [0, 0.05) is 55.8 Å². The molecular formula is C29H31ClF3N5O3. The van der Waals surface area contributed by atoms with E-state index >= 15 is 4.39 Å². The Balaban J connectivity index is 1.58. The monoisotopic (exact) mass is 589 g/mol. The van der Waals surface area contributed by atoms with E-state index in [1.54, 1.807) is 4.90 Å². The fourth-order valence-corrected chi connectivity index (χ4v) is 5.88. The topological polar surface area (TPSA) is 82.0 Å². The molecule has 218 valence electrons. The predicted molar refractivity (Wildman–Crippen MR) is 151 cm³/mol. The minimum absolute atomic E-state index is 0.120. The number of phenols is 1. The van der Waals surface area contributed by atoms with Crippen LogP contribution in [0.4, 0.5) is 19.0 Å². The molecule has 0 radical (unpaired) electrons. The summed E-state index contributed by atoms with van der Waals surface area (Å²) in [5, 5.41) is 10.5. The van der Waals surface area contributed by atoms with Crippen LogP contribution in [0.3, 0.4) is 0 Å². The molecule has 2 saturated heterocycles. The van der Waals surface area contributed by atoms with Crippen molar-refractivity contribution in [2.45, 2.75) is 38.5 Å². The van der Waals surface area contributed by atoms with E-state index in [1.807, 2.05) is 23.6 Å². The molecular weight excluding hydrogens is 559 g/mol. The highest BCUT2D eigenvalue weighted by Gasteiger charge is 2.38. The maximum Gasteiger partial charge on any atom is 0.319 e. The molecule has 0 bridgehead atoms. The number of halogens is 4. The molecule has 0 saturated carbocycles. The van der Waals surface area contributed by atoms with Gasteiger partial charge in [-0.05, 0) is 45.0 Å². The highest BCUT2D eigenvalue weighted by atomic mass is 35.5. The quantitative estimate of drug-likeness (QED) is 0.390. The first-order valence-corrected chi connectivity index (χ1v) is 13.7. The summed E-state index contributed by atoms with van der Waals surface area (Å²) < 4.78 is 50.7. The minimum Gasteiger partial charge on any atom is -0.507 e. The Morgan fingerprint density at radius 2 is 1.95 bits per heavy atom. The zero-order valence-electron chi connectivity index (χ0n) is 23.0. The van der Waals surface area contributed by atoms with Crippen LogP contribution in [0.15, 0.2) is 36.9 Å². The van der Waals surface area contributed by atoms with Crippen molar-refractivity contribution in [3.63, 3.8) is 0 Å². The van der Waals surface area contributed by atoms with Gasteiger partial charge in [0.15, 0.2) is 5.82 Å². The highest BCUT2D eigenvalue weighted by molar-refractivity contribution is 6.34. The number of piperazine rings is 1. The molecule has 0 unspecified atom stereocenters. The molecule has 2 atom stereocenters. The van der Waals surface area contributed by atoms with Gasteiger partial charge in [0.25, 0.3) is 0 Å². The number of benzene rings is 2. The average Bonchev–Trinajstić information content (AvgIpc) is 2.90. The second-order valence-corrected chi connectivity index (χ2v) is 11.3. The molecule has 2 aliphatic heterocycles. The summed E-state index contributed by atoms with van der Waals surface area (Å²) in [5.74, 6) is -2.13. The molecule has 0 aliphatic carbocycles. The number of aromatic nitrogens is 2. The lowest BCUT2D eigenvalue weighted by Gasteiger charge is -2.44. The number of aromatic hydroxyl groups is 1. The van der Waals surface area contributed by atoms with E-state index < -0.39 is 23.1 Å². The van der Waals surface area contributed by atoms with Gasteiger partial charge in [-0.2, -0.15) is 9.97 Å². The van der Waals surface area contributed by atoms with Crippen LogP contribution in [0.5, 0.6) is 11.8 Å². The van der Waals surface area contributed by atoms with Gasteiger partial charge in [0.1, 0.15) is 35.2 Å². The number of likely N-dealkylation sites (tertiary alicyclic amines) is 1. The van der Waals surface area contributed by atoms with Gasteiger partial charge in [-0.1, -0.05) is 24.2 Å². The molecule has 1 aromatic heterocycles. The van der Waals surface area contributed by atoms with Crippen molar-refractivity contribution in [1.29, 1.82) is 0 Å². The standard InChI is InChI=1S/C29H31ClF3N5O3/c1-5-22(40)37-12-17(3)38(13-16(37)2)27-18-11-19(30)23(24-20(31)7-6-8-21(24)39)25(32)26(18)34-28(35-27)41-10-9-36-14-29(4,33)15-36/h5-8,11,16-17,39H,1,9-10,12-15H2,2-4H3/t16-,17+/m1/s1. The number of carbonyl (C=O) groups is 1. The van der Waals surface area contributed by atoms with Crippen LogP contribution in [0.1, 0.15) is 20.8 Å². The second kappa shape index (κ2) is 11.0. The van der Waals surface area contributed by atoms with Gasteiger partial charge >= 0.3 is 6.01 Å². The Hall–Kier alpha value is -3.57. The number of hydrogen-bond donors (Lipinski definition) is 1. The lowest BCUT2D eigenvalue weighted by molar-refractivity contribution is -0.128. The first-order valence-electron chi connectivity index (χ1n) is 13.3. The molecule has 3 aromatic rings. The highest BCUT2D eigenvalue weighted by Crippen LogP contribution is 2.43. The Labute approximate surface area is 241 Å². The third-order valence-electron chi connectivity index (χ3n) is 7.54. The Kier molecular flexibility index (Phi) is 7.78. The van der Waals surface area contributed by atoms with Crippen LogP contribution in [-0.4, -0.2) is 87.9 Å². The first-order chi connectivity index (χ1) is 19.4. The van der Waals surface area contributed by atoms with E-state index in [4.69, 9.17) is 16.3 Å². The van der Waals surface area contributed by atoms with E-state index in [1.165, 1.54) is 31.2 Å². The molecule has 41 heavy (non-hydrogen) atoms. The minimum atomic E-state index is -1.23. The van der Waals surface area contributed by atoms with Gasteiger partial charge in [-0.3, -0.25) is 9.69 Å². The molecule has 0 spiro atoms. The van der Waals surface area contributed by atoms with Crippen LogP contribution in [0.25, 0.3) is 22.0 Å². The van der Waals surface area contributed by atoms with Crippen LogP contribution < -0.4 is 9.64 Å². The SMILES string of the molecule is C=CC(=O)N1C[C@H](C)N(c2nc(OCCN3CC(C)(F)C3)nc3c(F)c(-c4c(O)cccc4F)c(Cl)cc23)C[C@H]1C. The van der Waals surface area contributed by atoms with Crippen molar-refractivity contribution in [3.8, 4) is 22.9 Å². The Bertz CT molecular complexity index is 1490. The molecule has 1 amide bonds. The molecule has 12 heteroatoms. The van der Waals surface area contributed by atoms with Crippen LogP contribution in [-0.2, 0) is 4.79 Å². The van der Waals surface area contributed by atoms with E-state index in [9.17, 15) is 18.7 Å². The summed E-state index contributed by atoms with van der Waals surface area (Å²) in [6, 6.07) is 4.51. The van der Waals surface area contributed by atoms with E-state index in [-0.39, 0.29) is 70.8 Å². The summed E-state index contributed by atoms with van der Waals surface area (Å²) in [6.45, 7) is 10.8. The van der Waals surface area contributed by atoms with Crippen molar-refractivity contribution in [2.75, 3.05) is 44.2 Å². The van der Waals surface area contributed by atoms with Crippen LogP contribution >= 0.6 is 11.6 Å². The second-order valence-electron chi connectivity index (χ2n) is 10.9. The third-order valence-corrected chi connectivity index (χ3v) is 7.84. The lowest BCUT2D eigenvalue weighted by atomic mass is 9.99. The van der Waals surface area contributed by atoms with Crippen molar-refractivity contribution >= 4 is 34.2 Å². The normalized spacial score (nSPS) is 20.7. The molecule has 5 rings (SSSR count). The molecule has 2 aliphatic rings. The summed E-state index contributed by atoms with van der Waals surface area (Å²) >= 11 is 6.53. The van der Waals surface area contributed by atoms with Gasteiger partial charge in [0.2, 0.25) is 5.91 Å². The van der Waals surface area contributed by atoms with Gasteiger partial charge in [-0.25, -0.2) is 13.2 Å². The zero-order valence-corrected chi connectivity index (χ0v) is 23.8. The van der Waals surface area contributed by atoms with Gasteiger partial charge in [-0.15, -0.1) is 0 Å². The summed E-state index contributed by atoms with van der Waals surface area (Å²) in [6.07, 6.45) is 1.27. The molecule has 1 N–H and O–H groups in total.